The lowest BCUT2D eigenvalue weighted by Crippen LogP contribution is -2.19. The highest BCUT2D eigenvalue weighted by Crippen LogP contribution is 2.27. The fraction of sp³-hybridized carbons (Fsp3) is 0.217. The summed E-state index contributed by atoms with van der Waals surface area (Å²) in [6.07, 6.45) is 3.20. The molecule has 2 aromatic heterocycles. The molecule has 0 N–H and O–H groups in total. The van der Waals surface area contributed by atoms with Gasteiger partial charge in [0, 0.05) is 30.8 Å². The van der Waals surface area contributed by atoms with Gasteiger partial charge < -0.3 is 0 Å². The van der Waals surface area contributed by atoms with Crippen molar-refractivity contribution < 1.29 is 0 Å². The van der Waals surface area contributed by atoms with Crippen molar-refractivity contribution in [2.75, 3.05) is 13.1 Å². The summed E-state index contributed by atoms with van der Waals surface area (Å²) in [7, 11) is 0. The molecule has 27 heavy (non-hydrogen) atoms. The molecule has 1 fully saturated rings. The van der Waals surface area contributed by atoms with Gasteiger partial charge in [0.25, 0.3) is 0 Å². The lowest BCUT2D eigenvalue weighted by atomic mass is 10.1. The molecule has 5 rings (SSSR count). The van der Waals surface area contributed by atoms with Crippen LogP contribution < -0.4 is 0 Å². The number of hydrogen-bond acceptors (Lipinski definition) is 3. The Balaban J connectivity index is 1.35. The average Bonchev–Trinajstić information content (AvgIpc) is 3.35. The predicted molar refractivity (Wildman–Crippen MR) is 108 cm³/mol. The third kappa shape index (κ3) is 3.36. The largest absolute Gasteiger partial charge is 0.298 e. The van der Waals surface area contributed by atoms with Crippen LogP contribution in [0.3, 0.4) is 0 Å². The standard InChI is InChI=1S/C23H22N4/c1-3-7-18(8-4-1)15-26-14-13-21(16-26)23-24-22-12-11-20(17-27(22)25-23)19-9-5-2-6-10-19/h1-12,17,21H,13-16H2. The Morgan fingerprint density at radius 2 is 1.63 bits per heavy atom. The van der Waals surface area contributed by atoms with E-state index in [-0.39, 0.29) is 0 Å². The van der Waals surface area contributed by atoms with Crippen molar-refractivity contribution in [3.05, 3.63) is 90.4 Å². The first-order valence-corrected chi connectivity index (χ1v) is 9.53. The fourth-order valence-corrected chi connectivity index (χ4v) is 3.90. The molecule has 1 atom stereocenters. The molecular formula is C23H22N4. The van der Waals surface area contributed by atoms with E-state index in [1.807, 2.05) is 10.6 Å². The Kier molecular flexibility index (Phi) is 4.18. The number of fused-ring (bicyclic) bond motifs is 1. The smallest absolute Gasteiger partial charge is 0.156 e. The second kappa shape index (κ2) is 6.97. The molecule has 1 unspecified atom stereocenters. The summed E-state index contributed by atoms with van der Waals surface area (Å²) >= 11 is 0. The first-order valence-electron chi connectivity index (χ1n) is 9.53. The summed E-state index contributed by atoms with van der Waals surface area (Å²) in [4.78, 5) is 7.30. The molecule has 0 bridgehead atoms. The van der Waals surface area contributed by atoms with E-state index in [1.54, 1.807) is 0 Å². The first kappa shape index (κ1) is 16.2. The highest BCUT2D eigenvalue weighted by atomic mass is 15.3. The predicted octanol–water partition coefficient (Wildman–Crippen LogP) is 4.39. The quantitative estimate of drug-likeness (QED) is 0.545. The van der Waals surface area contributed by atoms with E-state index in [1.165, 1.54) is 11.1 Å². The molecule has 2 aromatic carbocycles. The van der Waals surface area contributed by atoms with Crippen LogP contribution in [0, 0.1) is 0 Å². The van der Waals surface area contributed by atoms with Crippen molar-refractivity contribution in [2.24, 2.45) is 0 Å². The minimum atomic E-state index is 0.411. The number of aromatic nitrogens is 3. The number of likely N-dealkylation sites (tertiary alicyclic amines) is 1. The maximum Gasteiger partial charge on any atom is 0.156 e. The van der Waals surface area contributed by atoms with Crippen LogP contribution in [0.25, 0.3) is 16.8 Å². The maximum absolute atomic E-state index is 4.80. The average molecular weight is 354 g/mol. The number of hydrogen-bond donors (Lipinski definition) is 0. The van der Waals surface area contributed by atoms with Gasteiger partial charge in [-0.25, -0.2) is 9.50 Å². The topological polar surface area (TPSA) is 33.4 Å². The molecular weight excluding hydrogens is 332 g/mol. The minimum absolute atomic E-state index is 0.411. The molecule has 1 saturated heterocycles. The van der Waals surface area contributed by atoms with Crippen LogP contribution in [0.15, 0.2) is 79.0 Å². The molecule has 134 valence electrons. The van der Waals surface area contributed by atoms with Gasteiger partial charge in [0.15, 0.2) is 11.5 Å². The molecule has 1 aliphatic heterocycles. The number of benzene rings is 2. The zero-order valence-electron chi connectivity index (χ0n) is 15.2. The van der Waals surface area contributed by atoms with E-state index >= 15 is 0 Å². The summed E-state index contributed by atoms with van der Waals surface area (Å²) in [5, 5.41) is 4.80. The lowest BCUT2D eigenvalue weighted by Gasteiger charge is -2.15. The van der Waals surface area contributed by atoms with Crippen LogP contribution in [0.5, 0.6) is 0 Å². The van der Waals surface area contributed by atoms with E-state index in [4.69, 9.17) is 10.1 Å². The highest BCUT2D eigenvalue weighted by Gasteiger charge is 2.27. The molecule has 4 nitrogen and oxygen atoms in total. The monoisotopic (exact) mass is 354 g/mol. The fourth-order valence-electron chi connectivity index (χ4n) is 3.90. The second-order valence-corrected chi connectivity index (χ2v) is 7.26. The normalized spacial score (nSPS) is 17.6. The van der Waals surface area contributed by atoms with Crippen LogP contribution in [0.2, 0.25) is 0 Å². The van der Waals surface area contributed by atoms with Crippen molar-refractivity contribution in [3.8, 4) is 11.1 Å². The third-order valence-electron chi connectivity index (χ3n) is 5.34. The highest BCUT2D eigenvalue weighted by molar-refractivity contribution is 5.64. The molecule has 0 saturated carbocycles. The Bertz CT molecular complexity index is 1040. The van der Waals surface area contributed by atoms with Crippen LogP contribution in [0.1, 0.15) is 23.7 Å². The van der Waals surface area contributed by atoms with Crippen LogP contribution in [0.4, 0.5) is 0 Å². The molecule has 4 heteroatoms. The SMILES string of the molecule is c1ccc(CN2CCC(c3nc4ccc(-c5ccccc5)cn4n3)C2)cc1. The van der Waals surface area contributed by atoms with E-state index in [0.29, 0.717) is 5.92 Å². The van der Waals surface area contributed by atoms with Crippen LogP contribution >= 0.6 is 0 Å². The zero-order valence-corrected chi connectivity index (χ0v) is 15.2. The number of nitrogens with zero attached hydrogens (tertiary/aromatic N) is 4. The van der Waals surface area contributed by atoms with Gasteiger partial charge in [-0.15, -0.1) is 0 Å². The first-order chi connectivity index (χ1) is 13.3. The van der Waals surface area contributed by atoms with Crippen molar-refractivity contribution >= 4 is 5.65 Å². The Morgan fingerprint density at radius 3 is 2.44 bits per heavy atom. The van der Waals surface area contributed by atoms with Crippen molar-refractivity contribution in [3.63, 3.8) is 0 Å². The van der Waals surface area contributed by atoms with Gasteiger partial charge in [0.1, 0.15) is 0 Å². The Hall–Kier alpha value is -2.98. The number of pyridine rings is 1. The van der Waals surface area contributed by atoms with Crippen molar-refractivity contribution in [1.29, 1.82) is 0 Å². The molecule has 0 aliphatic carbocycles. The van der Waals surface area contributed by atoms with E-state index < -0.39 is 0 Å². The lowest BCUT2D eigenvalue weighted by molar-refractivity contribution is 0.326. The molecule has 1 aliphatic rings. The van der Waals surface area contributed by atoms with Gasteiger partial charge in [-0.1, -0.05) is 60.7 Å². The third-order valence-corrected chi connectivity index (χ3v) is 5.34. The van der Waals surface area contributed by atoms with Crippen molar-refractivity contribution in [2.45, 2.75) is 18.9 Å². The molecule has 3 heterocycles. The van der Waals surface area contributed by atoms with Crippen LogP contribution in [-0.4, -0.2) is 32.6 Å². The summed E-state index contributed by atoms with van der Waals surface area (Å²) in [5.74, 6) is 1.38. The Morgan fingerprint density at radius 1 is 0.852 bits per heavy atom. The molecule has 0 radical (unpaired) electrons. The maximum atomic E-state index is 4.80. The summed E-state index contributed by atoms with van der Waals surface area (Å²) in [6.45, 7) is 3.13. The van der Waals surface area contributed by atoms with E-state index in [0.717, 1.165) is 43.1 Å². The van der Waals surface area contributed by atoms with Gasteiger partial charge in [-0.3, -0.25) is 4.90 Å². The minimum Gasteiger partial charge on any atom is -0.298 e. The van der Waals surface area contributed by atoms with Crippen molar-refractivity contribution in [1.82, 2.24) is 19.5 Å². The van der Waals surface area contributed by atoms with Crippen LogP contribution in [-0.2, 0) is 6.54 Å². The van der Waals surface area contributed by atoms with Gasteiger partial charge in [-0.2, -0.15) is 5.10 Å². The summed E-state index contributed by atoms with van der Waals surface area (Å²) < 4.78 is 1.93. The summed E-state index contributed by atoms with van der Waals surface area (Å²) in [6, 6.07) is 25.3. The van der Waals surface area contributed by atoms with Gasteiger partial charge in [-0.05, 0) is 36.2 Å². The number of rotatable bonds is 4. The summed E-state index contributed by atoms with van der Waals surface area (Å²) in [5.41, 5.74) is 4.66. The van der Waals surface area contributed by atoms with Gasteiger partial charge >= 0.3 is 0 Å². The molecule has 4 aromatic rings. The molecule has 0 amide bonds. The Labute approximate surface area is 159 Å². The second-order valence-electron chi connectivity index (χ2n) is 7.26. The zero-order chi connectivity index (χ0) is 18.1. The molecule has 0 spiro atoms. The van der Waals surface area contributed by atoms with Gasteiger partial charge in [0.2, 0.25) is 0 Å². The van der Waals surface area contributed by atoms with E-state index in [9.17, 15) is 0 Å². The van der Waals surface area contributed by atoms with Gasteiger partial charge in [0.05, 0.1) is 0 Å². The van der Waals surface area contributed by atoms with E-state index in [2.05, 4.69) is 77.8 Å².